The van der Waals surface area contributed by atoms with Gasteiger partial charge in [0.05, 0.1) is 12.0 Å². The molecule has 64 valence electrons. The van der Waals surface area contributed by atoms with Crippen LogP contribution in [0.2, 0.25) is 0 Å². The Kier molecular flexibility index (Phi) is 2.49. The van der Waals surface area contributed by atoms with Crippen LogP contribution in [0.4, 0.5) is 0 Å². The topological polar surface area (TPSA) is 46.5 Å². The molecule has 1 saturated carbocycles. The van der Waals surface area contributed by atoms with Crippen molar-refractivity contribution in [2.45, 2.75) is 26.4 Å². The number of hydrogen-bond donors (Lipinski definition) is 1. The molecule has 0 amide bonds. The van der Waals surface area contributed by atoms with E-state index in [2.05, 4.69) is 13.8 Å². The summed E-state index contributed by atoms with van der Waals surface area (Å²) in [4.78, 5) is 10.3. The Morgan fingerprint density at radius 1 is 1.73 bits per heavy atom. The molecule has 0 saturated heterocycles. The monoisotopic (exact) mass is 158 g/mol. The van der Waals surface area contributed by atoms with Crippen LogP contribution in [0, 0.1) is 11.8 Å². The minimum absolute atomic E-state index is 0.00472. The summed E-state index contributed by atoms with van der Waals surface area (Å²) in [6.45, 7) is 4.78. The molecule has 0 aromatic rings. The number of hydrogen-bond acceptors (Lipinski definition) is 2. The Balaban J connectivity index is 2.09. The molecular formula is C8H14O3. The van der Waals surface area contributed by atoms with Gasteiger partial charge in [-0.3, -0.25) is 4.79 Å². The average Bonchev–Trinajstić information content (AvgIpc) is 2.61. The van der Waals surface area contributed by atoms with Gasteiger partial charge in [-0.25, -0.2) is 0 Å². The van der Waals surface area contributed by atoms with Crippen LogP contribution in [0.3, 0.4) is 0 Å². The second kappa shape index (κ2) is 3.22. The fourth-order valence-corrected chi connectivity index (χ4v) is 0.932. The maximum Gasteiger partial charge on any atom is 0.309 e. The number of carbonyl (C=O) groups is 1. The second-order valence-corrected chi connectivity index (χ2v) is 3.45. The third kappa shape index (κ3) is 2.50. The smallest absolute Gasteiger partial charge is 0.309 e. The molecule has 0 heterocycles. The molecule has 11 heavy (non-hydrogen) atoms. The van der Waals surface area contributed by atoms with E-state index in [-0.39, 0.29) is 12.0 Å². The lowest BCUT2D eigenvalue weighted by Crippen LogP contribution is -2.08. The quantitative estimate of drug-likeness (QED) is 0.667. The van der Waals surface area contributed by atoms with Crippen molar-refractivity contribution in [2.24, 2.45) is 11.8 Å². The number of ether oxygens (including phenoxy) is 1. The summed E-state index contributed by atoms with van der Waals surface area (Å²) in [6, 6.07) is 0. The minimum atomic E-state index is -0.723. The van der Waals surface area contributed by atoms with Crippen LogP contribution in [-0.4, -0.2) is 23.8 Å². The molecule has 1 fully saturated rings. The first-order chi connectivity index (χ1) is 5.11. The summed E-state index contributed by atoms with van der Waals surface area (Å²) >= 11 is 0. The molecule has 1 aliphatic rings. The number of rotatable bonds is 4. The molecule has 3 nitrogen and oxygen atoms in total. The van der Waals surface area contributed by atoms with Crippen molar-refractivity contribution in [2.75, 3.05) is 6.61 Å². The molecule has 2 atom stereocenters. The van der Waals surface area contributed by atoms with Gasteiger partial charge in [0.15, 0.2) is 0 Å². The summed E-state index contributed by atoms with van der Waals surface area (Å²) in [5.41, 5.74) is 0. The van der Waals surface area contributed by atoms with E-state index in [1.807, 2.05) is 0 Å². The lowest BCUT2D eigenvalue weighted by molar-refractivity contribution is -0.139. The van der Waals surface area contributed by atoms with E-state index in [0.717, 1.165) is 0 Å². The lowest BCUT2D eigenvalue weighted by Gasteiger charge is -2.04. The third-order valence-electron chi connectivity index (χ3n) is 1.69. The molecule has 1 rings (SSSR count). The average molecular weight is 158 g/mol. The van der Waals surface area contributed by atoms with Crippen LogP contribution < -0.4 is 0 Å². The standard InChI is InChI=1S/C8H14O3/c1-5(2)4-11-7-3-6(7)8(9)10/h5-7H,3-4H2,1-2H3,(H,9,10). The molecule has 0 aliphatic heterocycles. The number of carboxylic acids is 1. The highest BCUT2D eigenvalue weighted by atomic mass is 16.5. The van der Waals surface area contributed by atoms with Crippen molar-refractivity contribution < 1.29 is 14.6 Å². The van der Waals surface area contributed by atoms with Crippen molar-refractivity contribution in [3.63, 3.8) is 0 Å². The van der Waals surface area contributed by atoms with E-state index < -0.39 is 5.97 Å². The fraction of sp³-hybridized carbons (Fsp3) is 0.875. The molecule has 2 unspecified atom stereocenters. The van der Waals surface area contributed by atoms with Crippen LogP contribution in [0.25, 0.3) is 0 Å². The van der Waals surface area contributed by atoms with Gasteiger partial charge in [0.2, 0.25) is 0 Å². The van der Waals surface area contributed by atoms with Gasteiger partial charge >= 0.3 is 5.97 Å². The van der Waals surface area contributed by atoms with Crippen LogP contribution in [-0.2, 0) is 9.53 Å². The number of aliphatic carboxylic acids is 1. The Morgan fingerprint density at radius 2 is 2.36 bits per heavy atom. The molecule has 0 radical (unpaired) electrons. The molecule has 1 N–H and O–H groups in total. The summed E-state index contributed by atoms with van der Waals surface area (Å²) < 4.78 is 5.31. The summed E-state index contributed by atoms with van der Waals surface area (Å²) in [7, 11) is 0. The van der Waals surface area contributed by atoms with Gasteiger partial charge in [0.1, 0.15) is 0 Å². The van der Waals surface area contributed by atoms with Gasteiger partial charge in [-0.15, -0.1) is 0 Å². The zero-order chi connectivity index (χ0) is 8.43. The van der Waals surface area contributed by atoms with Crippen LogP contribution in [0.1, 0.15) is 20.3 Å². The van der Waals surface area contributed by atoms with Crippen molar-refractivity contribution in [1.29, 1.82) is 0 Å². The Labute approximate surface area is 66.4 Å². The van der Waals surface area contributed by atoms with Crippen LogP contribution >= 0.6 is 0 Å². The third-order valence-corrected chi connectivity index (χ3v) is 1.69. The Bertz CT molecular complexity index is 153. The van der Waals surface area contributed by atoms with E-state index >= 15 is 0 Å². The maximum atomic E-state index is 10.3. The van der Waals surface area contributed by atoms with Gasteiger partial charge in [0, 0.05) is 6.61 Å². The summed E-state index contributed by atoms with van der Waals surface area (Å²) in [6.07, 6.45) is 0.692. The molecule has 1 aliphatic carbocycles. The highest BCUT2D eigenvalue weighted by molar-refractivity contribution is 5.74. The Morgan fingerprint density at radius 3 is 2.73 bits per heavy atom. The van der Waals surface area contributed by atoms with E-state index in [4.69, 9.17) is 9.84 Å². The van der Waals surface area contributed by atoms with Crippen molar-refractivity contribution >= 4 is 5.97 Å². The summed E-state index contributed by atoms with van der Waals surface area (Å²) in [5.74, 6) is -0.461. The van der Waals surface area contributed by atoms with E-state index in [1.54, 1.807) is 0 Å². The van der Waals surface area contributed by atoms with Crippen molar-refractivity contribution in [3.8, 4) is 0 Å². The van der Waals surface area contributed by atoms with Gasteiger partial charge < -0.3 is 9.84 Å². The first-order valence-electron chi connectivity index (χ1n) is 3.95. The Hall–Kier alpha value is -0.570. The lowest BCUT2D eigenvalue weighted by atomic mass is 10.2. The van der Waals surface area contributed by atoms with E-state index in [9.17, 15) is 4.79 Å². The second-order valence-electron chi connectivity index (χ2n) is 3.45. The van der Waals surface area contributed by atoms with Crippen molar-refractivity contribution in [1.82, 2.24) is 0 Å². The first-order valence-corrected chi connectivity index (χ1v) is 3.95. The largest absolute Gasteiger partial charge is 0.481 e. The minimum Gasteiger partial charge on any atom is -0.481 e. The van der Waals surface area contributed by atoms with Gasteiger partial charge in [0.25, 0.3) is 0 Å². The van der Waals surface area contributed by atoms with Gasteiger partial charge in [-0.1, -0.05) is 13.8 Å². The normalized spacial score (nSPS) is 29.0. The van der Waals surface area contributed by atoms with Gasteiger partial charge in [-0.2, -0.15) is 0 Å². The highest BCUT2D eigenvalue weighted by Crippen LogP contribution is 2.33. The van der Waals surface area contributed by atoms with E-state index in [1.165, 1.54) is 0 Å². The van der Waals surface area contributed by atoms with Crippen LogP contribution in [0.15, 0.2) is 0 Å². The number of carboxylic acid groups (broad SMARTS) is 1. The molecular weight excluding hydrogens is 144 g/mol. The highest BCUT2D eigenvalue weighted by Gasteiger charge is 2.44. The zero-order valence-electron chi connectivity index (χ0n) is 6.91. The molecule has 0 aromatic heterocycles. The predicted octanol–water partition coefficient (Wildman–Crippen LogP) is 1.13. The molecule has 0 spiro atoms. The molecule has 3 heteroatoms. The van der Waals surface area contributed by atoms with Crippen LogP contribution in [0.5, 0.6) is 0 Å². The van der Waals surface area contributed by atoms with Gasteiger partial charge in [-0.05, 0) is 12.3 Å². The fourth-order valence-electron chi connectivity index (χ4n) is 0.932. The maximum absolute atomic E-state index is 10.3. The van der Waals surface area contributed by atoms with E-state index in [0.29, 0.717) is 18.9 Å². The predicted molar refractivity (Wildman–Crippen MR) is 40.3 cm³/mol. The molecule has 0 bridgehead atoms. The molecule has 0 aromatic carbocycles. The zero-order valence-corrected chi connectivity index (χ0v) is 6.91. The summed E-state index contributed by atoms with van der Waals surface area (Å²) in [5, 5.41) is 8.51. The first kappa shape index (κ1) is 8.53. The van der Waals surface area contributed by atoms with Crippen molar-refractivity contribution in [3.05, 3.63) is 0 Å². The SMILES string of the molecule is CC(C)COC1CC1C(=O)O.